The van der Waals surface area contributed by atoms with E-state index in [0.717, 1.165) is 0 Å². The lowest BCUT2D eigenvalue weighted by Crippen LogP contribution is -3.09. The van der Waals surface area contributed by atoms with Crippen molar-refractivity contribution in [1.29, 1.82) is 0 Å². The van der Waals surface area contributed by atoms with E-state index >= 15 is 0 Å². The van der Waals surface area contributed by atoms with Gasteiger partial charge in [0.1, 0.15) is 6.15 Å². The van der Waals surface area contributed by atoms with Gasteiger partial charge in [0, 0.05) is 0 Å². The van der Waals surface area contributed by atoms with Crippen molar-refractivity contribution in [1.82, 2.24) is 0 Å². The van der Waals surface area contributed by atoms with E-state index in [2.05, 4.69) is 142 Å². The maximum Gasteiger partial charge on any atom is 0.108 e. The maximum absolute atomic E-state index is 2.43. The van der Waals surface area contributed by atoms with E-state index in [1.54, 1.807) is 4.90 Å². The van der Waals surface area contributed by atoms with Crippen LogP contribution in [0.25, 0.3) is 0 Å². The Labute approximate surface area is 392 Å². The van der Waals surface area contributed by atoms with Gasteiger partial charge in [-0.2, -0.15) is 21.9 Å². The summed E-state index contributed by atoms with van der Waals surface area (Å²) in [6.45, 7) is 7.42. The van der Waals surface area contributed by atoms with E-state index < -0.39 is 6.15 Å². The van der Waals surface area contributed by atoms with Crippen molar-refractivity contribution in [2.45, 2.75) is 219 Å². The van der Waals surface area contributed by atoms with Crippen LogP contribution < -0.4 is 26.8 Å². The van der Waals surface area contributed by atoms with E-state index in [-0.39, 0.29) is 0 Å². The van der Waals surface area contributed by atoms with Crippen LogP contribution in [-0.4, -0.2) is 26.3 Å². The van der Waals surface area contributed by atoms with Gasteiger partial charge in [-0.15, -0.1) is 0 Å². The van der Waals surface area contributed by atoms with Crippen LogP contribution in [0.5, 0.6) is 0 Å². The molecule has 0 bridgehead atoms. The lowest BCUT2D eigenvalue weighted by molar-refractivity contribution is -0.880. The molecule has 0 atom stereocenters. The van der Waals surface area contributed by atoms with Crippen molar-refractivity contribution < 1.29 is 4.90 Å². The van der Waals surface area contributed by atoms with E-state index in [1.165, 1.54) is 240 Å². The number of benzene rings is 4. The Kier molecular flexibility index (Phi) is 32.9. The van der Waals surface area contributed by atoms with Crippen LogP contribution in [0.1, 0.15) is 219 Å². The molecular formula is C61H98BN. The number of hydrogen-bond acceptors (Lipinski definition) is 0. The molecule has 1 N–H and O–H groups in total. The molecule has 1 nitrogen and oxygen atoms in total. The summed E-state index contributed by atoms with van der Waals surface area (Å²) in [7, 11) is 2.43. The van der Waals surface area contributed by atoms with Gasteiger partial charge in [-0.05, 0) is 25.7 Å². The van der Waals surface area contributed by atoms with Gasteiger partial charge in [0.2, 0.25) is 0 Å². The molecule has 350 valence electrons. The molecular weight excluding hydrogens is 757 g/mol. The first-order valence-electron chi connectivity index (χ1n) is 27.4. The Morgan fingerprint density at radius 2 is 0.429 bits per heavy atom. The normalized spacial score (nSPS) is 11.5. The van der Waals surface area contributed by atoms with Gasteiger partial charge in [0.05, 0.1) is 20.1 Å². The molecule has 0 aliphatic rings. The number of unbranched alkanes of at least 4 members (excludes halogenated alkanes) is 30. The molecule has 0 aliphatic heterocycles. The molecule has 0 aliphatic carbocycles. The lowest BCUT2D eigenvalue weighted by atomic mass is 9.13. The molecule has 4 aromatic rings. The molecule has 0 saturated heterocycles. The molecule has 0 amide bonds. The molecule has 4 aromatic carbocycles. The van der Waals surface area contributed by atoms with Gasteiger partial charge in [-0.3, -0.25) is 0 Å². The highest BCUT2D eigenvalue weighted by Gasteiger charge is 2.31. The second-order valence-electron chi connectivity index (χ2n) is 19.6. The fraction of sp³-hybridized carbons (Fsp3) is 0.607. The van der Waals surface area contributed by atoms with Gasteiger partial charge in [0.25, 0.3) is 0 Å². The molecule has 0 heterocycles. The second kappa shape index (κ2) is 38.2. The Bertz CT molecular complexity index is 1320. The molecule has 0 radical (unpaired) electrons. The summed E-state index contributed by atoms with van der Waals surface area (Å²) in [4.78, 5) is 1.78. The van der Waals surface area contributed by atoms with Crippen molar-refractivity contribution in [2.75, 3.05) is 20.1 Å². The summed E-state index contributed by atoms with van der Waals surface area (Å²) in [6.07, 6.45) is 45.8. The maximum atomic E-state index is 2.43. The van der Waals surface area contributed by atoms with Crippen molar-refractivity contribution in [3.8, 4) is 0 Å². The first-order chi connectivity index (χ1) is 31.2. The van der Waals surface area contributed by atoms with E-state index in [9.17, 15) is 0 Å². The van der Waals surface area contributed by atoms with E-state index in [0.29, 0.717) is 0 Å². The van der Waals surface area contributed by atoms with Crippen LogP contribution in [0.4, 0.5) is 0 Å². The fourth-order valence-corrected chi connectivity index (χ4v) is 10.2. The number of rotatable bonds is 38. The number of nitrogens with one attached hydrogen (secondary N) is 1. The molecule has 0 fully saturated rings. The van der Waals surface area contributed by atoms with Crippen LogP contribution in [0, 0.1) is 0 Å². The summed E-state index contributed by atoms with van der Waals surface area (Å²) in [5.74, 6) is 0. The molecule has 2 heteroatoms. The van der Waals surface area contributed by atoms with Gasteiger partial charge in [-0.1, -0.05) is 315 Å². The highest BCUT2D eigenvalue weighted by molar-refractivity contribution is 7.19. The van der Waals surface area contributed by atoms with E-state index in [4.69, 9.17) is 0 Å². The smallest absolute Gasteiger partial charge is 0.108 e. The zero-order chi connectivity index (χ0) is 44.6. The van der Waals surface area contributed by atoms with Crippen LogP contribution in [0.3, 0.4) is 0 Å². The minimum Gasteiger partial charge on any atom is -0.337 e. The monoisotopic (exact) mass is 856 g/mol. The zero-order valence-corrected chi connectivity index (χ0v) is 41.7. The standard InChI is InChI=1S/C37H77N.C24H20B/c1-4-6-8-10-12-14-16-18-20-22-24-26-28-30-32-34-36-38(3)37-35-33-31-29-27-25-23-21-19-17-15-13-11-9-7-5-2;1-5-13-21(14-6-1)25(22-15-7-2-8-16-22,23-17-9-3-10-18-23)24-19-11-4-12-20-24/h4-37H2,1-3H3;1-20H/q;-1/p+1. The summed E-state index contributed by atoms with van der Waals surface area (Å²) < 4.78 is 0. The second-order valence-corrected chi connectivity index (χ2v) is 19.6. The summed E-state index contributed by atoms with van der Waals surface area (Å²) in [5, 5.41) is 0. The molecule has 4 rings (SSSR count). The quantitative estimate of drug-likeness (QED) is 0.0338. The molecule has 0 spiro atoms. The Hall–Kier alpha value is -3.10. The van der Waals surface area contributed by atoms with Crippen molar-refractivity contribution in [3.63, 3.8) is 0 Å². The van der Waals surface area contributed by atoms with Crippen molar-refractivity contribution in [3.05, 3.63) is 121 Å². The topological polar surface area (TPSA) is 4.44 Å². The largest absolute Gasteiger partial charge is 0.337 e. The van der Waals surface area contributed by atoms with Crippen molar-refractivity contribution in [2.24, 2.45) is 0 Å². The number of quaternary nitrogens is 1. The minimum absolute atomic E-state index is 1.22. The third kappa shape index (κ3) is 24.1. The van der Waals surface area contributed by atoms with Crippen LogP contribution in [0.15, 0.2) is 121 Å². The molecule has 0 unspecified atom stereocenters. The van der Waals surface area contributed by atoms with Crippen LogP contribution in [0.2, 0.25) is 0 Å². The summed E-state index contributed by atoms with van der Waals surface area (Å²) in [5.41, 5.74) is 5.36. The Morgan fingerprint density at radius 3 is 0.619 bits per heavy atom. The predicted octanol–water partition coefficient (Wildman–Crippen LogP) is 15.1. The average Bonchev–Trinajstić information content (AvgIpc) is 3.33. The lowest BCUT2D eigenvalue weighted by Gasteiger charge is -2.44. The van der Waals surface area contributed by atoms with Crippen LogP contribution >= 0.6 is 0 Å². The first kappa shape index (κ1) is 54.2. The Morgan fingerprint density at radius 1 is 0.254 bits per heavy atom. The summed E-state index contributed by atoms with van der Waals surface area (Å²) >= 11 is 0. The highest BCUT2D eigenvalue weighted by Crippen LogP contribution is 2.16. The zero-order valence-electron chi connectivity index (χ0n) is 41.7. The van der Waals surface area contributed by atoms with E-state index in [1.807, 2.05) is 0 Å². The predicted molar refractivity (Wildman–Crippen MR) is 286 cm³/mol. The van der Waals surface area contributed by atoms with Gasteiger partial charge >= 0.3 is 0 Å². The Balaban J connectivity index is 0.000000360. The third-order valence-corrected chi connectivity index (χ3v) is 14.1. The SMILES string of the molecule is CCCCCCCCCCCCCCCCCC[NH+](C)CCCCCCCCCCCCCCCCCC.c1ccc([B-](c2ccccc2)(c2ccccc2)c2ccccc2)cc1. The van der Waals surface area contributed by atoms with Gasteiger partial charge in [-0.25, -0.2) is 0 Å². The third-order valence-electron chi connectivity index (χ3n) is 14.1. The van der Waals surface area contributed by atoms with Gasteiger partial charge < -0.3 is 4.90 Å². The van der Waals surface area contributed by atoms with Crippen molar-refractivity contribution >= 4 is 28.0 Å². The fourth-order valence-electron chi connectivity index (χ4n) is 10.2. The minimum atomic E-state index is -1.22. The highest BCUT2D eigenvalue weighted by atomic mass is 15.1. The molecule has 0 saturated carbocycles. The number of hydrogen-bond donors (Lipinski definition) is 1. The average molecular weight is 856 g/mol. The first-order valence-corrected chi connectivity index (χ1v) is 27.4. The van der Waals surface area contributed by atoms with Gasteiger partial charge in [0.15, 0.2) is 0 Å². The molecule has 63 heavy (non-hydrogen) atoms. The summed E-state index contributed by atoms with van der Waals surface area (Å²) in [6, 6.07) is 43.5. The van der Waals surface area contributed by atoms with Crippen LogP contribution in [-0.2, 0) is 0 Å². The molecule has 0 aromatic heterocycles.